The maximum atomic E-state index is 11.6. The number of carbonyl (C=O) groups excluding carboxylic acids is 2. The van der Waals surface area contributed by atoms with E-state index in [0.29, 0.717) is 17.3 Å². The maximum absolute atomic E-state index is 11.6. The van der Waals surface area contributed by atoms with Crippen molar-refractivity contribution in [2.75, 3.05) is 10.6 Å². The number of rotatable bonds is 4. The van der Waals surface area contributed by atoms with E-state index in [1.165, 1.54) is 6.92 Å². The molecule has 19 heavy (non-hydrogen) atoms. The molecule has 1 rings (SSSR count). The van der Waals surface area contributed by atoms with E-state index < -0.39 is 0 Å². The Morgan fingerprint density at radius 3 is 2.37 bits per heavy atom. The van der Waals surface area contributed by atoms with Gasteiger partial charge in [-0.3, -0.25) is 4.79 Å². The maximum Gasteiger partial charge on any atom is 0.323 e. The molecule has 1 aromatic rings. The summed E-state index contributed by atoms with van der Waals surface area (Å²) in [6, 6.07) is 6.62. The van der Waals surface area contributed by atoms with Crippen molar-refractivity contribution in [3.05, 3.63) is 36.5 Å². The fourth-order valence-electron chi connectivity index (χ4n) is 1.36. The van der Waals surface area contributed by atoms with Crippen LogP contribution >= 0.6 is 0 Å². The van der Waals surface area contributed by atoms with E-state index in [0.717, 1.165) is 0 Å². The fraction of sp³-hybridized carbons (Fsp3) is 0.286. The molecule has 5 heteroatoms. The van der Waals surface area contributed by atoms with Crippen LogP contribution in [0.3, 0.4) is 0 Å². The molecule has 102 valence electrons. The van der Waals surface area contributed by atoms with Gasteiger partial charge in [-0.15, -0.1) is 0 Å². The van der Waals surface area contributed by atoms with E-state index >= 15 is 0 Å². The first kappa shape index (κ1) is 14.8. The molecule has 5 nitrogen and oxygen atoms in total. The van der Waals surface area contributed by atoms with Crippen LogP contribution in [-0.2, 0) is 4.79 Å². The molecule has 0 radical (unpaired) electrons. The monoisotopic (exact) mass is 261 g/mol. The lowest BCUT2D eigenvalue weighted by atomic mass is 10.2. The van der Waals surface area contributed by atoms with Crippen LogP contribution in [0.2, 0.25) is 0 Å². The SMILES string of the molecule is CC(=O)Nc1cccc(NC(=O)N/C=C/C(C)C)c1. The van der Waals surface area contributed by atoms with Crippen molar-refractivity contribution in [2.24, 2.45) is 5.92 Å². The van der Waals surface area contributed by atoms with Gasteiger partial charge in [0.1, 0.15) is 0 Å². The standard InChI is InChI=1S/C14H19N3O2/c1-10(2)7-8-15-14(19)17-13-6-4-5-12(9-13)16-11(3)18/h4-10H,1-3H3,(H,16,18)(H2,15,17,19)/b8-7+. The van der Waals surface area contributed by atoms with E-state index in [-0.39, 0.29) is 11.9 Å². The molecule has 1 aromatic carbocycles. The Labute approximate surface area is 113 Å². The molecule has 3 N–H and O–H groups in total. The minimum absolute atomic E-state index is 0.151. The lowest BCUT2D eigenvalue weighted by molar-refractivity contribution is -0.114. The van der Waals surface area contributed by atoms with Crippen molar-refractivity contribution in [1.29, 1.82) is 0 Å². The Hall–Kier alpha value is -2.30. The summed E-state index contributed by atoms with van der Waals surface area (Å²) in [4.78, 5) is 22.5. The fourth-order valence-corrected chi connectivity index (χ4v) is 1.36. The first-order chi connectivity index (χ1) is 8.97. The molecule has 0 aliphatic carbocycles. The molecule has 0 bridgehead atoms. The molecule has 0 unspecified atom stereocenters. The van der Waals surface area contributed by atoms with Crippen LogP contribution in [0.25, 0.3) is 0 Å². The second-order valence-corrected chi connectivity index (χ2v) is 4.46. The molecule has 0 aliphatic heterocycles. The smallest absolute Gasteiger partial charge is 0.323 e. The van der Waals surface area contributed by atoms with Gasteiger partial charge in [0.2, 0.25) is 5.91 Å². The molecule has 0 saturated heterocycles. The van der Waals surface area contributed by atoms with Crippen molar-refractivity contribution in [3.63, 3.8) is 0 Å². The van der Waals surface area contributed by atoms with Crippen molar-refractivity contribution in [2.45, 2.75) is 20.8 Å². The zero-order valence-corrected chi connectivity index (χ0v) is 11.4. The summed E-state index contributed by atoms with van der Waals surface area (Å²) in [5, 5.41) is 7.93. The third-order valence-electron chi connectivity index (χ3n) is 2.14. The van der Waals surface area contributed by atoms with Crippen molar-refractivity contribution in [3.8, 4) is 0 Å². The molecular formula is C14H19N3O2. The summed E-state index contributed by atoms with van der Waals surface area (Å²) in [6.07, 6.45) is 3.49. The lowest BCUT2D eigenvalue weighted by Gasteiger charge is -2.07. The van der Waals surface area contributed by atoms with Gasteiger partial charge in [-0.2, -0.15) is 0 Å². The molecule has 0 atom stereocenters. The highest BCUT2D eigenvalue weighted by molar-refractivity contribution is 5.92. The Morgan fingerprint density at radius 1 is 1.16 bits per heavy atom. The van der Waals surface area contributed by atoms with Gasteiger partial charge in [0, 0.05) is 24.5 Å². The van der Waals surface area contributed by atoms with Gasteiger partial charge in [-0.25, -0.2) is 4.79 Å². The summed E-state index contributed by atoms with van der Waals surface area (Å²) < 4.78 is 0. The number of hydrogen-bond donors (Lipinski definition) is 3. The molecule has 0 fully saturated rings. The van der Waals surface area contributed by atoms with E-state index in [4.69, 9.17) is 0 Å². The van der Waals surface area contributed by atoms with Gasteiger partial charge in [0.05, 0.1) is 0 Å². The van der Waals surface area contributed by atoms with Crippen LogP contribution in [-0.4, -0.2) is 11.9 Å². The van der Waals surface area contributed by atoms with Crippen LogP contribution in [0.5, 0.6) is 0 Å². The van der Waals surface area contributed by atoms with Crippen LogP contribution in [0.4, 0.5) is 16.2 Å². The van der Waals surface area contributed by atoms with Crippen LogP contribution in [0.15, 0.2) is 36.5 Å². The van der Waals surface area contributed by atoms with E-state index in [1.54, 1.807) is 30.5 Å². The van der Waals surface area contributed by atoms with Gasteiger partial charge in [0.15, 0.2) is 0 Å². The number of urea groups is 1. The Bertz CT molecular complexity index is 481. The van der Waals surface area contributed by atoms with Crippen LogP contribution in [0, 0.1) is 5.92 Å². The summed E-state index contributed by atoms with van der Waals surface area (Å²) in [5.74, 6) is 0.227. The van der Waals surface area contributed by atoms with Crippen LogP contribution in [0.1, 0.15) is 20.8 Å². The van der Waals surface area contributed by atoms with Crippen molar-refractivity contribution in [1.82, 2.24) is 5.32 Å². The summed E-state index contributed by atoms with van der Waals surface area (Å²) in [6.45, 7) is 5.48. The number of allylic oxidation sites excluding steroid dienone is 1. The number of nitrogens with one attached hydrogen (secondary N) is 3. The average Bonchev–Trinajstić information content (AvgIpc) is 2.27. The van der Waals surface area contributed by atoms with E-state index in [9.17, 15) is 9.59 Å². The predicted octanol–water partition coefficient (Wildman–Crippen LogP) is 2.94. The minimum atomic E-state index is -0.322. The van der Waals surface area contributed by atoms with Crippen LogP contribution < -0.4 is 16.0 Å². The Kier molecular flexibility index (Phi) is 5.60. The van der Waals surface area contributed by atoms with Gasteiger partial charge in [0.25, 0.3) is 0 Å². The third-order valence-corrected chi connectivity index (χ3v) is 2.14. The number of anilines is 2. The highest BCUT2D eigenvalue weighted by atomic mass is 16.2. The predicted molar refractivity (Wildman–Crippen MR) is 76.9 cm³/mol. The van der Waals surface area contributed by atoms with E-state index in [1.807, 2.05) is 19.9 Å². The Balaban J connectivity index is 2.56. The van der Waals surface area contributed by atoms with E-state index in [2.05, 4.69) is 16.0 Å². The zero-order chi connectivity index (χ0) is 14.3. The molecule has 0 heterocycles. The molecule has 3 amide bonds. The quantitative estimate of drug-likeness (QED) is 0.780. The zero-order valence-electron chi connectivity index (χ0n) is 11.4. The summed E-state index contributed by atoms with van der Waals surface area (Å²) >= 11 is 0. The number of amides is 3. The molecule has 0 aliphatic rings. The van der Waals surface area contributed by atoms with Crippen molar-refractivity contribution < 1.29 is 9.59 Å². The highest BCUT2D eigenvalue weighted by Crippen LogP contribution is 2.14. The second-order valence-electron chi connectivity index (χ2n) is 4.46. The van der Waals surface area contributed by atoms with Gasteiger partial charge >= 0.3 is 6.03 Å². The molecule has 0 spiro atoms. The average molecular weight is 261 g/mol. The number of carbonyl (C=O) groups is 2. The normalized spacial score (nSPS) is 10.5. The number of hydrogen-bond acceptors (Lipinski definition) is 2. The summed E-state index contributed by atoms with van der Waals surface area (Å²) in [5.41, 5.74) is 1.25. The lowest BCUT2D eigenvalue weighted by Crippen LogP contribution is -2.24. The second kappa shape index (κ2) is 7.20. The number of benzene rings is 1. The van der Waals surface area contributed by atoms with Gasteiger partial charge < -0.3 is 16.0 Å². The summed E-state index contributed by atoms with van der Waals surface area (Å²) in [7, 11) is 0. The highest BCUT2D eigenvalue weighted by Gasteiger charge is 2.01. The molecule has 0 saturated carbocycles. The molecule has 0 aromatic heterocycles. The first-order valence-corrected chi connectivity index (χ1v) is 6.09. The van der Waals surface area contributed by atoms with Crippen molar-refractivity contribution >= 4 is 23.3 Å². The van der Waals surface area contributed by atoms with Gasteiger partial charge in [-0.05, 0) is 24.1 Å². The first-order valence-electron chi connectivity index (χ1n) is 6.09. The van der Waals surface area contributed by atoms with Gasteiger partial charge in [-0.1, -0.05) is 26.0 Å². The minimum Gasteiger partial charge on any atom is -0.326 e. The molecular weight excluding hydrogens is 242 g/mol. The third kappa shape index (κ3) is 6.26. The Morgan fingerprint density at radius 2 is 1.79 bits per heavy atom. The topological polar surface area (TPSA) is 70.2 Å². The largest absolute Gasteiger partial charge is 0.326 e.